The fourth-order valence-corrected chi connectivity index (χ4v) is 3.24. The van der Waals surface area contributed by atoms with E-state index in [4.69, 9.17) is 0 Å². The third kappa shape index (κ3) is 4.18. The van der Waals surface area contributed by atoms with E-state index in [9.17, 15) is 0 Å². The zero-order valence-electron chi connectivity index (χ0n) is 11.9. The van der Waals surface area contributed by atoms with Crippen LogP contribution in [0.25, 0.3) is 0 Å². The number of aromatic nitrogens is 1. The Labute approximate surface area is 124 Å². The van der Waals surface area contributed by atoms with Crippen molar-refractivity contribution in [2.24, 2.45) is 5.92 Å². The summed E-state index contributed by atoms with van der Waals surface area (Å²) in [7, 11) is 0. The molecule has 2 atom stereocenters. The molecular weight excluding hydrogens is 302 g/mol. The molecule has 2 unspecified atom stereocenters. The molecule has 0 aromatic carbocycles. The Morgan fingerprint density at radius 1 is 1.58 bits per heavy atom. The van der Waals surface area contributed by atoms with Gasteiger partial charge < -0.3 is 10.2 Å². The number of anilines is 1. The zero-order chi connectivity index (χ0) is 13.7. The Morgan fingerprint density at radius 2 is 2.42 bits per heavy atom. The van der Waals surface area contributed by atoms with Crippen molar-refractivity contribution in [2.75, 3.05) is 25.0 Å². The van der Waals surface area contributed by atoms with Gasteiger partial charge >= 0.3 is 0 Å². The Bertz CT molecular complexity index is 395. The summed E-state index contributed by atoms with van der Waals surface area (Å²) in [6, 6.07) is 4.55. The van der Waals surface area contributed by atoms with Gasteiger partial charge in [0, 0.05) is 18.8 Å². The minimum atomic E-state index is 0.486. The van der Waals surface area contributed by atoms with Crippen LogP contribution in [0.1, 0.15) is 33.1 Å². The highest BCUT2D eigenvalue weighted by atomic mass is 79.9. The molecule has 0 amide bonds. The minimum absolute atomic E-state index is 0.486. The summed E-state index contributed by atoms with van der Waals surface area (Å²) < 4.78 is 0.906. The second-order valence-corrected chi connectivity index (χ2v) is 6.23. The van der Waals surface area contributed by atoms with Gasteiger partial charge in [0.1, 0.15) is 4.60 Å². The summed E-state index contributed by atoms with van der Waals surface area (Å²) in [5, 5.41) is 3.61. The number of nitrogens with one attached hydrogen (secondary N) is 1. The monoisotopic (exact) mass is 325 g/mol. The lowest BCUT2D eigenvalue weighted by molar-refractivity contribution is 0.165. The molecule has 1 aromatic rings. The molecule has 4 heteroatoms. The van der Waals surface area contributed by atoms with Gasteiger partial charge in [-0.3, -0.25) is 0 Å². The Kier molecular flexibility index (Phi) is 5.64. The van der Waals surface area contributed by atoms with E-state index in [-0.39, 0.29) is 0 Å². The first-order valence-electron chi connectivity index (χ1n) is 7.30. The molecule has 3 nitrogen and oxygen atoms in total. The van der Waals surface area contributed by atoms with Crippen LogP contribution in [0.2, 0.25) is 0 Å². The van der Waals surface area contributed by atoms with Gasteiger partial charge in [-0.2, -0.15) is 0 Å². The molecule has 19 heavy (non-hydrogen) atoms. The average Bonchev–Trinajstić information content (AvgIpc) is 2.42. The van der Waals surface area contributed by atoms with Gasteiger partial charge in [0.05, 0.1) is 5.69 Å². The average molecular weight is 326 g/mol. The zero-order valence-corrected chi connectivity index (χ0v) is 13.5. The summed E-state index contributed by atoms with van der Waals surface area (Å²) in [5.74, 6) is 0.729. The van der Waals surface area contributed by atoms with Crippen LogP contribution in [0.3, 0.4) is 0 Å². The normalized spacial score (nSPS) is 22.2. The predicted molar refractivity (Wildman–Crippen MR) is 84.5 cm³/mol. The fraction of sp³-hybridized carbons (Fsp3) is 0.667. The van der Waals surface area contributed by atoms with Crippen LogP contribution in [0, 0.1) is 5.92 Å². The second-order valence-electron chi connectivity index (χ2n) is 5.48. The standard InChI is InChI=1S/C15H24BrN3/c1-3-9-19-10-5-6-13(11-19)12(2)18-14-7-4-8-17-15(14)16/h4,7-8,12-13,18H,3,5-6,9-11H2,1-2H3. The van der Waals surface area contributed by atoms with Crippen molar-refractivity contribution in [3.63, 3.8) is 0 Å². The van der Waals surface area contributed by atoms with Crippen molar-refractivity contribution in [1.82, 2.24) is 9.88 Å². The molecule has 1 aliphatic rings. The summed E-state index contributed by atoms with van der Waals surface area (Å²) >= 11 is 3.50. The van der Waals surface area contributed by atoms with E-state index in [1.807, 2.05) is 12.3 Å². The second kappa shape index (κ2) is 7.25. The largest absolute Gasteiger partial charge is 0.380 e. The van der Waals surface area contributed by atoms with Crippen molar-refractivity contribution < 1.29 is 0 Å². The van der Waals surface area contributed by atoms with Gasteiger partial charge in [0.15, 0.2) is 0 Å². The summed E-state index contributed by atoms with van der Waals surface area (Å²) in [5.41, 5.74) is 1.10. The molecule has 0 aliphatic carbocycles. The maximum absolute atomic E-state index is 4.27. The van der Waals surface area contributed by atoms with Crippen molar-refractivity contribution in [3.05, 3.63) is 22.9 Å². The summed E-state index contributed by atoms with van der Waals surface area (Å²) in [6.07, 6.45) is 5.71. The lowest BCUT2D eigenvalue weighted by Crippen LogP contribution is -2.42. The van der Waals surface area contributed by atoms with Crippen molar-refractivity contribution in [2.45, 2.75) is 39.2 Å². The molecule has 1 N–H and O–H groups in total. The molecule has 1 saturated heterocycles. The van der Waals surface area contributed by atoms with E-state index < -0.39 is 0 Å². The molecular formula is C15H24BrN3. The number of hydrogen-bond acceptors (Lipinski definition) is 3. The summed E-state index contributed by atoms with van der Waals surface area (Å²) in [6.45, 7) is 8.28. The third-order valence-corrected chi connectivity index (χ3v) is 4.56. The van der Waals surface area contributed by atoms with E-state index in [0.29, 0.717) is 6.04 Å². The topological polar surface area (TPSA) is 28.2 Å². The number of hydrogen-bond donors (Lipinski definition) is 1. The third-order valence-electron chi connectivity index (χ3n) is 3.93. The Balaban J connectivity index is 1.92. The van der Waals surface area contributed by atoms with Crippen LogP contribution in [-0.4, -0.2) is 35.6 Å². The van der Waals surface area contributed by atoms with Crippen LogP contribution in [0.4, 0.5) is 5.69 Å². The molecule has 2 rings (SSSR count). The molecule has 0 bridgehead atoms. The van der Waals surface area contributed by atoms with Crippen LogP contribution in [0.5, 0.6) is 0 Å². The van der Waals surface area contributed by atoms with Gasteiger partial charge in [-0.1, -0.05) is 6.92 Å². The first-order chi connectivity index (χ1) is 9.20. The van der Waals surface area contributed by atoms with Gasteiger partial charge in [-0.15, -0.1) is 0 Å². The molecule has 106 valence electrons. The smallest absolute Gasteiger partial charge is 0.129 e. The summed E-state index contributed by atoms with van der Waals surface area (Å²) in [4.78, 5) is 6.87. The molecule has 1 aliphatic heterocycles. The van der Waals surface area contributed by atoms with Crippen molar-refractivity contribution in [3.8, 4) is 0 Å². The Morgan fingerprint density at radius 3 is 3.16 bits per heavy atom. The number of likely N-dealkylation sites (tertiary alicyclic amines) is 1. The molecule has 1 aromatic heterocycles. The first-order valence-corrected chi connectivity index (χ1v) is 8.09. The number of pyridine rings is 1. The van der Waals surface area contributed by atoms with Crippen molar-refractivity contribution in [1.29, 1.82) is 0 Å². The molecule has 0 radical (unpaired) electrons. The van der Waals surface area contributed by atoms with Gasteiger partial charge in [0.2, 0.25) is 0 Å². The van der Waals surface area contributed by atoms with E-state index in [1.165, 1.54) is 38.9 Å². The van der Waals surface area contributed by atoms with Crippen LogP contribution >= 0.6 is 15.9 Å². The van der Waals surface area contributed by atoms with Crippen molar-refractivity contribution >= 4 is 21.6 Å². The van der Waals surface area contributed by atoms with E-state index in [2.05, 4.69) is 51.0 Å². The fourth-order valence-electron chi connectivity index (χ4n) is 2.88. The minimum Gasteiger partial charge on any atom is -0.380 e. The molecule has 0 saturated carbocycles. The van der Waals surface area contributed by atoms with E-state index >= 15 is 0 Å². The van der Waals surface area contributed by atoms with Gasteiger partial charge in [-0.25, -0.2) is 4.98 Å². The van der Waals surface area contributed by atoms with Crippen LogP contribution in [-0.2, 0) is 0 Å². The molecule has 2 heterocycles. The first kappa shape index (κ1) is 14.8. The highest BCUT2D eigenvalue weighted by Gasteiger charge is 2.24. The predicted octanol–water partition coefficient (Wildman–Crippen LogP) is 3.77. The van der Waals surface area contributed by atoms with Crippen LogP contribution < -0.4 is 5.32 Å². The lowest BCUT2D eigenvalue weighted by Gasteiger charge is -2.36. The van der Waals surface area contributed by atoms with E-state index in [1.54, 1.807) is 0 Å². The number of halogens is 1. The highest BCUT2D eigenvalue weighted by Crippen LogP contribution is 2.25. The van der Waals surface area contributed by atoms with Crippen LogP contribution in [0.15, 0.2) is 22.9 Å². The number of nitrogens with zero attached hydrogens (tertiary/aromatic N) is 2. The molecule has 1 fully saturated rings. The SMILES string of the molecule is CCCN1CCCC(C(C)Nc2cccnc2Br)C1. The molecule has 0 spiro atoms. The van der Waals surface area contributed by atoms with Gasteiger partial charge in [0.25, 0.3) is 0 Å². The quantitative estimate of drug-likeness (QED) is 0.835. The van der Waals surface area contributed by atoms with Gasteiger partial charge in [-0.05, 0) is 73.3 Å². The maximum atomic E-state index is 4.27. The number of rotatable bonds is 5. The maximum Gasteiger partial charge on any atom is 0.129 e. The number of piperidine rings is 1. The van der Waals surface area contributed by atoms with E-state index in [0.717, 1.165) is 16.2 Å². The lowest BCUT2D eigenvalue weighted by atomic mass is 9.91. The highest BCUT2D eigenvalue weighted by molar-refractivity contribution is 9.10. The Hall–Kier alpha value is -0.610.